The molecule has 0 aliphatic rings. The van der Waals surface area contributed by atoms with Gasteiger partial charge in [-0.25, -0.2) is 9.59 Å². The number of nitrogens with zero attached hydrogens (tertiary/aromatic N) is 2. The van der Waals surface area contributed by atoms with Crippen molar-refractivity contribution in [3.05, 3.63) is 24.3 Å². The molecular formula is C59H108N2O14+2. The molecule has 0 saturated carbocycles. The minimum absolute atomic E-state index is 0.124. The van der Waals surface area contributed by atoms with Crippen LogP contribution in [0.25, 0.3) is 0 Å². The maximum Gasteiger partial charge on any atom is 0.362 e. The van der Waals surface area contributed by atoms with Crippen molar-refractivity contribution < 1.29 is 76.4 Å². The van der Waals surface area contributed by atoms with Crippen LogP contribution in [0.2, 0.25) is 0 Å². The summed E-state index contributed by atoms with van der Waals surface area (Å²) < 4.78 is 33.1. The van der Waals surface area contributed by atoms with Crippen molar-refractivity contribution in [1.82, 2.24) is 0 Å². The number of esters is 6. The van der Waals surface area contributed by atoms with Crippen LogP contribution in [0.1, 0.15) is 214 Å². The topological polar surface area (TPSA) is 198 Å². The molecule has 436 valence electrons. The molecule has 0 aromatic carbocycles. The first-order chi connectivity index (χ1) is 35.8. The minimum atomic E-state index is -0.772. The lowest BCUT2D eigenvalue weighted by Crippen LogP contribution is -2.47. The Labute approximate surface area is 454 Å². The van der Waals surface area contributed by atoms with Crippen molar-refractivity contribution in [3.8, 4) is 0 Å². The maximum absolute atomic E-state index is 12.8. The van der Waals surface area contributed by atoms with Gasteiger partial charge in [0.25, 0.3) is 0 Å². The van der Waals surface area contributed by atoms with Gasteiger partial charge in [-0.3, -0.25) is 19.2 Å². The van der Waals surface area contributed by atoms with Crippen molar-refractivity contribution in [1.29, 1.82) is 0 Å². The summed E-state index contributed by atoms with van der Waals surface area (Å²) >= 11 is 0. The number of unbranched alkanes of at least 4 members (excludes halogenated alkanes) is 18. The normalized spacial score (nSPS) is 13.6. The van der Waals surface area contributed by atoms with Gasteiger partial charge in [0, 0.05) is 26.7 Å². The van der Waals surface area contributed by atoms with Crippen LogP contribution in [0, 0.1) is 0 Å². The number of quaternary nitrogens is 2. The number of aliphatic hydroxyl groups excluding tert-OH is 2. The molecule has 4 unspecified atom stereocenters. The van der Waals surface area contributed by atoms with Gasteiger partial charge in [0.2, 0.25) is 0 Å². The van der Waals surface area contributed by atoms with Crippen LogP contribution in [-0.2, 0) is 57.2 Å². The number of carbonyl (C=O) groups excluding carboxylic acids is 6. The molecule has 75 heavy (non-hydrogen) atoms. The third-order valence-electron chi connectivity index (χ3n) is 13.1. The lowest BCUT2D eigenvalue weighted by Gasteiger charge is -2.30. The third kappa shape index (κ3) is 46.0. The molecular weight excluding hydrogens is 961 g/mol. The summed E-state index contributed by atoms with van der Waals surface area (Å²) in [7, 11) is 7.53. The van der Waals surface area contributed by atoms with E-state index < -0.39 is 24.4 Å². The van der Waals surface area contributed by atoms with E-state index in [2.05, 4.69) is 26.0 Å². The zero-order valence-electron chi connectivity index (χ0n) is 48.5. The molecule has 2 N–H and O–H groups in total. The van der Waals surface area contributed by atoms with Gasteiger partial charge in [0.05, 0.1) is 53.6 Å². The molecule has 0 heterocycles. The molecule has 0 saturated heterocycles. The van der Waals surface area contributed by atoms with E-state index in [-0.39, 0.29) is 62.1 Å². The molecule has 4 atom stereocenters. The fourth-order valence-electron chi connectivity index (χ4n) is 8.38. The molecule has 0 aromatic rings. The lowest BCUT2D eigenvalue weighted by atomic mass is 10.0. The quantitative estimate of drug-likeness (QED) is 0.0192. The molecule has 0 bridgehead atoms. The molecule has 16 heteroatoms. The molecule has 0 spiro atoms. The van der Waals surface area contributed by atoms with E-state index in [9.17, 15) is 39.0 Å². The fourth-order valence-corrected chi connectivity index (χ4v) is 8.38. The van der Waals surface area contributed by atoms with E-state index in [4.69, 9.17) is 28.4 Å². The highest BCUT2D eigenvalue weighted by Gasteiger charge is 2.29. The summed E-state index contributed by atoms with van der Waals surface area (Å²) in [5.41, 5.74) is 0. The summed E-state index contributed by atoms with van der Waals surface area (Å²) in [5.74, 6) is -1.71. The first-order valence-electron chi connectivity index (χ1n) is 29.1. The number of allylic oxidation sites excluding steroid dienone is 2. The number of carbonyl (C=O) groups is 6. The number of hydrogen-bond acceptors (Lipinski definition) is 14. The summed E-state index contributed by atoms with van der Waals surface area (Å²) in [5, 5.41) is 21.8. The van der Waals surface area contributed by atoms with Crippen molar-refractivity contribution in [2.75, 3.05) is 80.8 Å². The first kappa shape index (κ1) is 71.1. The average molecular weight is 1070 g/mol. The summed E-state index contributed by atoms with van der Waals surface area (Å²) in [6.45, 7) is 9.50. The second-order valence-electron chi connectivity index (χ2n) is 21.7. The molecule has 0 aliphatic heterocycles. The number of aliphatic hydroxyl groups is 2. The predicted octanol–water partition coefficient (Wildman–Crippen LogP) is 10.4. The van der Waals surface area contributed by atoms with Crippen LogP contribution >= 0.6 is 0 Å². The van der Waals surface area contributed by atoms with Crippen LogP contribution in [0.4, 0.5) is 0 Å². The molecule has 0 radical (unpaired) electrons. The highest BCUT2D eigenvalue weighted by atomic mass is 16.6. The monoisotopic (exact) mass is 1070 g/mol. The zero-order chi connectivity index (χ0) is 56.0. The molecule has 0 fully saturated rings. The van der Waals surface area contributed by atoms with Gasteiger partial charge in [-0.2, -0.15) is 0 Å². The molecule has 0 rings (SSSR count). The highest BCUT2D eigenvalue weighted by molar-refractivity contribution is 5.71. The third-order valence-corrected chi connectivity index (χ3v) is 13.1. The summed E-state index contributed by atoms with van der Waals surface area (Å²) in [4.78, 5) is 72.1. The van der Waals surface area contributed by atoms with Crippen molar-refractivity contribution in [3.63, 3.8) is 0 Å². The van der Waals surface area contributed by atoms with Gasteiger partial charge in [-0.05, 0) is 89.9 Å². The summed E-state index contributed by atoms with van der Waals surface area (Å²) in [6.07, 6.45) is 30.5. The van der Waals surface area contributed by atoms with Gasteiger partial charge < -0.3 is 47.6 Å². The van der Waals surface area contributed by atoms with E-state index in [1.807, 2.05) is 40.3 Å². The Hall–Kier alpha value is -3.86. The molecule has 0 aromatic heterocycles. The number of likely N-dealkylation sites (N-methyl/N-ethyl adjacent to an activating group) is 2. The fraction of sp³-hybridized carbons (Fsp3) is 0.831. The Balaban J connectivity index is 3.97. The number of hydrogen-bond donors (Lipinski definition) is 2. The minimum Gasteiger partial charge on any atom is -0.466 e. The van der Waals surface area contributed by atoms with Crippen molar-refractivity contribution >= 4 is 35.8 Å². The molecule has 16 nitrogen and oxygen atoms in total. The average Bonchev–Trinajstić information content (AvgIpc) is 3.33. The number of ether oxygens (including phenoxy) is 6. The van der Waals surface area contributed by atoms with E-state index in [1.54, 1.807) is 0 Å². The zero-order valence-corrected chi connectivity index (χ0v) is 48.5. The Morgan fingerprint density at radius 2 is 0.760 bits per heavy atom. The Bertz CT molecular complexity index is 1450. The predicted molar refractivity (Wildman–Crippen MR) is 294 cm³/mol. The smallest absolute Gasteiger partial charge is 0.362 e. The van der Waals surface area contributed by atoms with Crippen LogP contribution in [0.3, 0.4) is 0 Å². The van der Waals surface area contributed by atoms with Gasteiger partial charge in [-0.1, -0.05) is 122 Å². The van der Waals surface area contributed by atoms with Crippen LogP contribution in [0.5, 0.6) is 0 Å². The van der Waals surface area contributed by atoms with E-state index in [1.165, 1.54) is 13.8 Å². The SMILES string of the molecule is CCCCCC(OC(=O)C[N+](C)(C)CCOC(C)=O)C(O)CC=CCCCCCCCC(=O)OCCCCCCCOC(=O)CCCCCCCC=CCC(O)C(CCCCC)OC(=O)C[N+](C)(C)CCOC(C)=O. The van der Waals surface area contributed by atoms with E-state index >= 15 is 0 Å². The highest BCUT2D eigenvalue weighted by Crippen LogP contribution is 2.18. The van der Waals surface area contributed by atoms with Gasteiger partial charge in [0.1, 0.15) is 38.5 Å². The number of rotatable bonds is 50. The molecule has 0 amide bonds. The van der Waals surface area contributed by atoms with Crippen molar-refractivity contribution in [2.45, 2.75) is 238 Å². The second kappa shape index (κ2) is 46.3. The molecule has 0 aliphatic carbocycles. The van der Waals surface area contributed by atoms with Crippen LogP contribution < -0.4 is 0 Å². The summed E-state index contributed by atoms with van der Waals surface area (Å²) in [6, 6.07) is 0. The largest absolute Gasteiger partial charge is 0.466 e. The van der Waals surface area contributed by atoms with E-state index in [0.717, 1.165) is 148 Å². The second-order valence-corrected chi connectivity index (χ2v) is 21.7. The Morgan fingerprint density at radius 1 is 0.413 bits per heavy atom. The van der Waals surface area contributed by atoms with Gasteiger partial charge in [-0.15, -0.1) is 0 Å². The van der Waals surface area contributed by atoms with Crippen molar-refractivity contribution in [2.24, 2.45) is 0 Å². The Kier molecular flexibility index (Phi) is 43.9. The van der Waals surface area contributed by atoms with Crippen LogP contribution in [-0.4, -0.2) is 160 Å². The first-order valence-corrected chi connectivity index (χ1v) is 29.1. The van der Waals surface area contributed by atoms with Gasteiger partial charge in [0.15, 0.2) is 13.1 Å². The standard InChI is InChI=1S/C59H108N2O14/c1-9-11-28-38-54(74-58(68)48-60(5,6)42-46-70-50(3)62)52(64)36-30-22-17-13-15-19-24-32-40-56(66)72-44-34-26-21-27-35-45-73-57(67)41-33-25-20-16-14-18-23-31-37-53(65)55(39-29-12-10-2)75-59(69)49-61(7,8)43-47-71-51(4)63/h22-23,30-31,52-55,64-65H,9-21,24-29,32-49H2,1-8H3/q+2. The maximum atomic E-state index is 12.8. The van der Waals surface area contributed by atoms with E-state index in [0.29, 0.717) is 73.8 Å². The Morgan fingerprint density at radius 3 is 1.12 bits per heavy atom. The van der Waals surface area contributed by atoms with Crippen LogP contribution in [0.15, 0.2) is 24.3 Å². The van der Waals surface area contributed by atoms with Gasteiger partial charge >= 0.3 is 35.8 Å². The lowest BCUT2D eigenvalue weighted by molar-refractivity contribution is -0.883.